The fourth-order valence-corrected chi connectivity index (χ4v) is 2.99. The number of H-pyrrole nitrogens is 1. The summed E-state index contributed by atoms with van der Waals surface area (Å²) >= 11 is 0. The highest BCUT2D eigenvalue weighted by atomic mass is 16.5. The van der Waals surface area contributed by atoms with E-state index in [4.69, 9.17) is 4.74 Å². The number of aromatic amines is 1. The van der Waals surface area contributed by atoms with E-state index in [9.17, 15) is 14.4 Å². The number of piperazine rings is 1. The van der Waals surface area contributed by atoms with Crippen molar-refractivity contribution in [3.05, 3.63) is 57.8 Å². The highest BCUT2D eigenvalue weighted by molar-refractivity contribution is 5.94. The molecular formula is C19H22N4O4. The highest BCUT2D eigenvalue weighted by Crippen LogP contribution is 2.14. The number of rotatable bonds is 4. The van der Waals surface area contributed by atoms with Gasteiger partial charge in [-0.15, -0.1) is 0 Å². The van der Waals surface area contributed by atoms with Crippen LogP contribution in [0, 0.1) is 6.92 Å². The number of aryl methyl sites for hydroxylation is 1. The van der Waals surface area contributed by atoms with Crippen LogP contribution in [0.2, 0.25) is 0 Å². The summed E-state index contributed by atoms with van der Waals surface area (Å²) in [5, 5.41) is 0. The molecule has 8 heteroatoms. The van der Waals surface area contributed by atoms with Crippen molar-refractivity contribution < 1.29 is 14.3 Å². The van der Waals surface area contributed by atoms with Gasteiger partial charge in [0, 0.05) is 43.5 Å². The first kappa shape index (κ1) is 18.6. The minimum absolute atomic E-state index is 0.00897. The first-order valence-electron chi connectivity index (χ1n) is 8.74. The Labute approximate surface area is 156 Å². The molecule has 0 aliphatic carbocycles. The van der Waals surface area contributed by atoms with Crippen LogP contribution in [0.1, 0.15) is 21.7 Å². The third kappa shape index (κ3) is 4.33. The van der Waals surface area contributed by atoms with E-state index in [1.807, 2.05) is 0 Å². The predicted molar refractivity (Wildman–Crippen MR) is 98.8 cm³/mol. The van der Waals surface area contributed by atoms with Crippen molar-refractivity contribution in [2.75, 3.05) is 33.3 Å². The number of ether oxygens (including phenoxy) is 1. The van der Waals surface area contributed by atoms with Crippen molar-refractivity contribution in [2.45, 2.75) is 13.3 Å². The summed E-state index contributed by atoms with van der Waals surface area (Å²) in [5.41, 5.74) is 0.652. The number of nitrogens with zero attached hydrogens (tertiary/aromatic N) is 3. The Morgan fingerprint density at radius 2 is 1.74 bits per heavy atom. The number of nitrogens with one attached hydrogen (secondary N) is 1. The lowest BCUT2D eigenvalue weighted by Gasteiger charge is -2.34. The van der Waals surface area contributed by atoms with Crippen molar-refractivity contribution in [2.24, 2.45) is 0 Å². The summed E-state index contributed by atoms with van der Waals surface area (Å²) in [7, 11) is 1.58. The Kier molecular flexibility index (Phi) is 5.54. The second kappa shape index (κ2) is 8.03. The number of carbonyl (C=O) groups is 2. The predicted octanol–water partition coefficient (Wildman–Crippen LogP) is 0.614. The lowest BCUT2D eigenvalue weighted by atomic mass is 10.1. The normalized spacial score (nSPS) is 14.1. The minimum Gasteiger partial charge on any atom is -0.497 e. The lowest BCUT2D eigenvalue weighted by Crippen LogP contribution is -2.51. The van der Waals surface area contributed by atoms with Crippen molar-refractivity contribution in [1.29, 1.82) is 0 Å². The summed E-state index contributed by atoms with van der Waals surface area (Å²) in [6.07, 6.45) is 1.45. The van der Waals surface area contributed by atoms with Gasteiger partial charge in [0.05, 0.1) is 13.5 Å². The molecule has 27 heavy (non-hydrogen) atoms. The molecule has 8 nitrogen and oxygen atoms in total. The van der Waals surface area contributed by atoms with Crippen LogP contribution < -0.4 is 10.3 Å². The zero-order chi connectivity index (χ0) is 19.4. The number of methoxy groups -OCH3 is 1. The van der Waals surface area contributed by atoms with Gasteiger partial charge in [0.1, 0.15) is 11.6 Å². The molecule has 0 bridgehead atoms. The molecule has 1 saturated heterocycles. The average Bonchev–Trinajstić information content (AvgIpc) is 2.69. The second-order valence-electron chi connectivity index (χ2n) is 6.40. The summed E-state index contributed by atoms with van der Waals surface area (Å²) in [4.78, 5) is 46.9. The molecule has 1 aliphatic heterocycles. The summed E-state index contributed by atoms with van der Waals surface area (Å²) in [5.74, 6) is 1.01. The zero-order valence-electron chi connectivity index (χ0n) is 15.4. The van der Waals surface area contributed by atoms with Crippen LogP contribution in [-0.4, -0.2) is 64.9 Å². The number of carbonyl (C=O) groups excluding carboxylic acids is 2. The second-order valence-corrected chi connectivity index (χ2v) is 6.40. The number of hydrogen-bond acceptors (Lipinski definition) is 5. The molecule has 2 aromatic rings. The molecule has 0 spiro atoms. The third-order valence-corrected chi connectivity index (χ3v) is 4.60. The topological polar surface area (TPSA) is 95.6 Å². The Bertz CT molecular complexity index is 883. The van der Waals surface area contributed by atoms with Gasteiger partial charge in [-0.25, -0.2) is 4.98 Å². The molecule has 1 aromatic carbocycles. The largest absolute Gasteiger partial charge is 0.497 e. The van der Waals surface area contributed by atoms with Crippen LogP contribution >= 0.6 is 0 Å². The summed E-state index contributed by atoms with van der Waals surface area (Å²) < 4.78 is 5.10. The number of aromatic nitrogens is 2. The van der Waals surface area contributed by atoms with E-state index >= 15 is 0 Å². The monoisotopic (exact) mass is 370 g/mol. The van der Waals surface area contributed by atoms with Gasteiger partial charge in [-0.1, -0.05) is 0 Å². The standard InChI is InChI=1S/C19H22N4O4/c1-13-20-12-15(18(25)21-13)11-17(24)22-7-9-23(10-8-22)19(26)14-3-5-16(27-2)6-4-14/h3-6,12H,7-11H2,1-2H3,(H,20,21,25). The molecule has 1 N–H and O–H groups in total. The number of hydrogen-bond donors (Lipinski definition) is 1. The first-order valence-corrected chi connectivity index (χ1v) is 8.74. The van der Waals surface area contributed by atoms with E-state index in [0.717, 1.165) is 0 Å². The van der Waals surface area contributed by atoms with Gasteiger partial charge < -0.3 is 19.5 Å². The first-order chi connectivity index (χ1) is 13.0. The SMILES string of the molecule is COc1ccc(C(=O)N2CCN(C(=O)Cc3cnc(C)[nH]c3=O)CC2)cc1. The van der Waals surface area contributed by atoms with Crippen LogP contribution in [0.3, 0.4) is 0 Å². The fraction of sp³-hybridized carbons (Fsp3) is 0.368. The summed E-state index contributed by atoms with van der Waals surface area (Å²) in [6, 6.07) is 6.96. The molecule has 0 saturated carbocycles. The van der Waals surface area contributed by atoms with E-state index in [1.54, 1.807) is 48.1 Å². The van der Waals surface area contributed by atoms with Crippen LogP contribution in [0.15, 0.2) is 35.3 Å². The third-order valence-electron chi connectivity index (χ3n) is 4.60. The maximum absolute atomic E-state index is 12.6. The van der Waals surface area contributed by atoms with Gasteiger partial charge in [0.15, 0.2) is 0 Å². The molecule has 1 aromatic heterocycles. The molecule has 0 unspecified atom stereocenters. The zero-order valence-corrected chi connectivity index (χ0v) is 15.4. The summed E-state index contributed by atoms with van der Waals surface area (Å²) in [6.45, 7) is 3.49. The van der Waals surface area contributed by atoms with Crippen LogP contribution in [0.5, 0.6) is 5.75 Å². The Balaban J connectivity index is 1.56. The van der Waals surface area contributed by atoms with Crippen LogP contribution in [-0.2, 0) is 11.2 Å². The molecule has 0 radical (unpaired) electrons. The van der Waals surface area contributed by atoms with E-state index in [0.29, 0.717) is 48.9 Å². The molecule has 2 amide bonds. The Morgan fingerprint density at radius 1 is 1.11 bits per heavy atom. The maximum atomic E-state index is 12.6. The van der Waals surface area contributed by atoms with E-state index in [1.165, 1.54) is 6.20 Å². The minimum atomic E-state index is -0.288. The van der Waals surface area contributed by atoms with Gasteiger partial charge in [-0.2, -0.15) is 0 Å². The van der Waals surface area contributed by atoms with E-state index < -0.39 is 0 Å². The van der Waals surface area contributed by atoms with Crippen molar-refractivity contribution in [3.8, 4) is 5.75 Å². The Morgan fingerprint density at radius 3 is 2.33 bits per heavy atom. The van der Waals surface area contributed by atoms with Crippen LogP contribution in [0.25, 0.3) is 0 Å². The molecular weight excluding hydrogens is 348 g/mol. The number of amides is 2. The van der Waals surface area contributed by atoms with Crippen molar-refractivity contribution in [3.63, 3.8) is 0 Å². The van der Waals surface area contributed by atoms with E-state index in [-0.39, 0.29) is 23.8 Å². The molecule has 1 fully saturated rings. The van der Waals surface area contributed by atoms with Crippen LogP contribution in [0.4, 0.5) is 0 Å². The Hall–Kier alpha value is -3.16. The van der Waals surface area contributed by atoms with Gasteiger partial charge in [-0.05, 0) is 31.2 Å². The molecule has 3 rings (SSSR count). The highest BCUT2D eigenvalue weighted by Gasteiger charge is 2.25. The average molecular weight is 370 g/mol. The lowest BCUT2D eigenvalue weighted by molar-refractivity contribution is -0.131. The van der Waals surface area contributed by atoms with Gasteiger partial charge >= 0.3 is 0 Å². The molecule has 142 valence electrons. The molecule has 1 aliphatic rings. The number of benzene rings is 1. The quantitative estimate of drug-likeness (QED) is 0.851. The molecule has 2 heterocycles. The van der Waals surface area contributed by atoms with Gasteiger partial charge in [0.25, 0.3) is 11.5 Å². The molecule has 0 atom stereocenters. The van der Waals surface area contributed by atoms with Crippen molar-refractivity contribution >= 4 is 11.8 Å². The smallest absolute Gasteiger partial charge is 0.254 e. The van der Waals surface area contributed by atoms with Crippen molar-refractivity contribution in [1.82, 2.24) is 19.8 Å². The van der Waals surface area contributed by atoms with Gasteiger partial charge in [-0.3, -0.25) is 14.4 Å². The van der Waals surface area contributed by atoms with E-state index in [2.05, 4.69) is 9.97 Å². The fourth-order valence-electron chi connectivity index (χ4n) is 2.99. The van der Waals surface area contributed by atoms with Gasteiger partial charge in [0.2, 0.25) is 5.91 Å². The maximum Gasteiger partial charge on any atom is 0.254 e.